The van der Waals surface area contributed by atoms with Crippen LogP contribution in [0.3, 0.4) is 0 Å². The second-order valence-electron chi connectivity index (χ2n) is 5.58. The summed E-state index contributed by atoms with van der Waals surface area (Å²) in [6.45, 7) is 11.1. The topological polar surface area (TPSA) is 0 Å². The highest BCUT2D eigenvalue weighted by Gasteiger charge is 2.13. The molecule has 0 spiro atoms. The molecule has 0 aliphatic carbocycles. The lowest BCUT2D eigenvalue weighted by Crippen LogP contribution is -2.10. The fourth-order valence-electron chi connectivity index (χ4n) is 1.79. The van der Waals surface area contributed by atoms with Crippen LogP contribution in [0.1, 0.15) is 58.1 Å². The first-order valence-corrected chi connectivity index (χ1v) is 6.16. The van der Waals surface area contributed by atoms with Crippen molar-refractivity contribution in [2.75, 3.05) is 0 Å². The summed E-state index contributed by atoms with van der Waals surface area (Å²) in [5.74, 6) is 0.616. The van der Waals surface area contributed by atoms with Gasteiger partial charge in [0.05, 0.1) is 0 Å². The maximum Gasteiger partial charge on any atom is -0.0132 e. The molecule has 0 aliphatic heterocycles. The maximum atomic E-state index is 2.28. The second kappa shape index (κ2) is 5.34. The van der Waals surface area contributed by atoms with Crippen LogP contribution >= 0.6 is 0 Å². The molecule has 1 rings (SSSR count). The molecule has 0 N–H and O–H groups in total. The minimum Gasteiger partial charge on any atom is -0.0916 e. The highest BCUT2D eigenvalue weighted by atomic mass is 14.2. The van der Waals surface area contributed by atoms with Gasteiger partial charge in [-0.25, -0.2) is 0 Å². The van der Waals surface area contributed by atoms with Crippen LogP contribution in [0, 0.1) is 0 Å². The van der Waals surface area contributed by atoms with Crippen molar-refractivity contribution in [2.24, 2.45) is 0 Å². The molecule has 0 nitrogen and oxygen atoms in total. The highest BCUT2D eigenvalue weighted by Crippen LogP contribution is 2.25. The Balaban J connectivity index is 2.78. The Bertz CT molecular complexity index is 335. The fourth-order valence-corrected chi connectivity index (χ4v) is 1.79. The first-order valence-electron chi connectivity index (χ1n) is 6.16. The Labute approximate surface area is 100 Å². The minimum atomic E-state index is 0.255. The van der Waals surface area contributed by atoms with Crippen molar-refractivity contribution in [3.63, 3.8) is 0 Å². The molecule has 1 aromatic rings. The molecule has 0 heteroatoms. The molecule has 0 aliphatic rings. The van der Waals surface area contributed by atoms with Crippen LogP contribution in [-0.2, 0) is 5.41 Å². The smallest absolute Gasteiger partial charge is 0.0132 e. The molecule has 0 bridgehead atoms. The van der Waals surface area contributed by atoms with Crippen LogP contribution in [0.25, 0.3) is 0 Å². The Morgan fingerprint density at radius 1 is 1.12 bits per heavy atom. The molecule has 0 amide bonds. The average molecular weight is 216 g/mol. The third-order valence-corrected chi connectivity index (χ3v) is 3.07. The molecule has 0 fully saturated rings. The van der Waals surface area contributed by atoms with Gasteiger partial charge in [-0.1, -0.05) is 64.1 Å². The zero-order valence-electron chi connectivity index (χ0n) is 11.2. The third-order valence-electron chi connectivity index (χ3n) is 3.07. The lowest BCUT2D eigenvalue weighted by Gasteiger charge is -2.20. The van der Waals surface area contributed by atoms with Crippen molar-refractivity contribution >= 4 is 0 Å². The molecule has 88 valence electrons. The van der Waals surface area contributed by atoms with Gasteiger partial charge in [-0.05, 0) is 35.8 Å². The van der Waals surface area contributed by atoms with Gasteiger partial charge in [0.2, 0.25) is 0 Å². The van der Waals surface area contributed by atoms with Gasteiger partial charge < -0.3 is 0 Å². The molecule has 0 aromatic heterocycles. The second-order valence-corrected chi connectivity index (χ2v) is 5.58. The zero-order valence-corrected chi connectivity index (χ0v) is 11.2. The first-order chi connectivity index (χ1) is 7.45. The van der Waals surface area contributed by atoms with E-state index >= 15 is 0 Å². The van der Waals surface area contributed by atoms with Crippen LogP contribution in [0.15, 0.2) is 36.4 Å². The van der Waals surface area contributed by atoms with E-state index in [-0.39, 0.29) is 5.41 Å². The van der Waals surface area contributed by atoms with Crippen LogP contribution in [0.4, 0.5) is 0 Å². The van der Waals surface area contributed by atoms with Crippen molar-refractivity contribution in [1.29, 1.82) is 0 Å². The van der Waals surface area contributed by atoms with Gasteiger partial charge in [0.1, 0.15) is 0 Å². The van der Waals surface area contributed by atoms with E-state index in [4.69, 9.17) is 0 Å². The molecular formula is C16H24. The molecule has 1 atom stereocenters. The van der Waals surface area contributed by atoms with Crippen molar-refractivity contribution < 1.29 is 0 Å². The Morgan fingerprint density at radius 2 is 1.69 bits per heavy atom. The summed E-state index contributed by atoms with van der Waals surface area (Å²) in [5, 5.41) is 0. The monoisotopic (exact) mass is 216 g/mol. The Kier molecular flexibility index (Phi) is 4.35. The molecule has 0 heterocycles. The normalized spacial score (nSPS) is 14.3. The quantitative estimate of drug-likeness (QED) is 0.620. The summed E-state index contributed by atoms with van der Waals surface area (Å²) in [6.07, 6.45) is 5.49. The van der Waals surface area contributed by atoms with E-state index < -0.39 is 0 Å². The summed E-state index contributed by atoms with van der Waals surface area (Å²) >= 11 is 0. The van der Waals surface area contributed by atoms with Crippen molar-refractivity contribution in [1.82, 2.24) is 0 Å². The van der Waals surface area contributed by atoms with Crippen molar-refractivity contribution in [3.05, 3.63) is 47.5 Å². The van der Waals surface area contributed by atoms with Gasteiger partial charge in [-0.15, -0.1) is 0 Å². The van der Waals surface area contributed by atoms with E-state index in [1.807, 2.05) is 0 Å². The number of benzene rings is 1. The van der Waals surface area contributed by atoms with Crippen molar-refractivity contribution in [2.45, 2.75) is 52.4 Å². The van der Waals surface area contributed by atoms with E-state index in [0.29, 0.717) is 5.92 Å². The standard InChI is InChI=1S/C16H24/c1-6-7-8-13(2)14-9-11-15(12-10-14)16(3,4)5/h6-7,9-13H,8H2,1-5H3/b7-6-. The van der Waals surface area contributed by atoms with Gasteiger partial charge in [-0.3, -0.25) is 0 Å². The lowest BCUT2D eigenvalue weighted by atomic mass is 9.85. The van der Waals surface area contributed by atoms with Crippen LogP contribution in [0.5, 0.6) is 0 Å². The molecule has 0 saturated heterocycles. The van der Waals surface area contributed by atoms with E-state index in [9.17, 15) is 0 Å². The largest absolute Gasteiger partial charge is 0.0916 e. The molecule has 0 saturated carbocycles. The summed E-state index contributed by atoms with van der Waals surface area (Å²) in [5.41, 5.74) is 3.10. The number of rotatable bonds is 3. The highest BCUT2D eigenvalue weighted by molar-refractivity contribution is 5.29. The SMILES string of the molecule is C/C=C\CC(C)c1ccc(C(C)(C)C)cc1. The van der Waals surface area contributed by atoms with E-state index in [1.165, 1.54) is 11.1 Å². The number of hydrogen-bond donors (Lipinski definition) is 0. The maximum absolute atomic E-state index is 2.28. The number of hydrogen-bond acceptors (Lipinski definition) is 0. The van der Waals surface area contributed by atoms with Gasteiger partial charge in [-0.2, -0.15) is 0 Å². The van der Waals surface area contributed by atoms with Crippen LogP contribution in [0.2, 0.25) is 0 Å². The molecule has 1 aromatic carbocycles. The average Bonchev–Trinajstić information content (AvgIpc) is 2.25. The van der Waals surface area contributed by atoms with E-state index in [0.717, 1.165) is 6.42 Å². The number of allylic oxidation sites excluding steroid dienone is 2. The first kappa shape index (κ1) is 13.0. The summed E-state index contributed by atoms with van der Waals surface area (Å²) in [4.78, 5) is 0. The fraction of sp³-hybridized carbons (Fsp3) is 0.500. The van der Waals surface area contributed by atoms with E-state index in [1.54, 1.807) is 0 Å². The third kappa shape index (κ3) is 3.52. The molecule has 0 radical (unpaired) electrons. The minimum absolute atomic E-state index is 0.255. The molecule has 16 heavy (non-hydrogen) atoms. The van der Waals surface area contributed by atoms with Gasteiger partial charge in [0, 0.05) is 0 Å². The predicted octanol–water partition coefficient (Wildman–Crippen LogP) is 5.05. The van der Waals surface area contributed by atoms with Gasteiger partial charge >= 0.3 is 0 Å². The zero-order chi connectivity index (χ0) is 12.2. The van der Waals surface area contributed by atoms with Crippen LogP contribution < -0.4 is 0 Å². The summed E-state index contributed by atoms with van der Waals surface area (Å²) < 4.78 is 0. The van der Waals surface area contributed by atoms with E-state index in [2.05, 4.69) is 71.0 Å². The Morgan fingerprint density at radius 3 is 2.12 bits per heavy atom. The molecule has 1 unspecified atom stereocenters. The predicted molar refractivity (Wildman–Crippen MR) is 73.0 cm³/mol. The van der Waals surface area contributed by atoms with Gasteiger partial charge in [0.25, 0.3) is 0 Å². The summed E-state index contributed by atoms with van der Waals surface area (Å²) in [6, 6.07) is 9.08. The Hall–Kier alpha value is -1.04. The summed E-state index contributed by atoms with van der Waals surface area (Å²) in [7, 11) is 0. The van der Waals surface area contributed by atoms with Crippen LogP contribution in [-0.4, -0.2) is 0 Å². The lowest BCUT2D eigenvalue weighted by molar-refractivity contribution is 0.589. The van der Waals surface area contributed by atoms with Gasteiger partial charge in [0.15, 0.2) is 0 Å². The van der Waals surface area contributed by atoms with Crippen molar-refractivity contribution in [3.8, 4) is 0 Å². The molecular weight excluding hydrogens is 192 g/mol.